The standard InChI is InChI=1S/C12H21N3O/c1-10(2)15(9-6-13)11(3)12(16)14-7-4-5-8-14/h10-11H,4-5,7-9H2,1-3H3. The Bertz CT molecular complexity index is 276. The van der Waals surface area contributed by atoms with Crippen molar-refractivity contribution < 1.29 is 4.79 Å². The van der Waals surface area contributed by atoms with Crippen molar-refractivity contribution in [3.63, 3.8) is 0 Å². The first-order chi connectivity index (χ1) is 7.57. The van der Waals surface area contributed by atoms with Crippen LogP contribution in [0.25, 0.3) is 0 Å². The summed E-state index contributed by atoms with van der Waals surface area (Å²) in [6.07, 6.45) is 2.22. The first-order valence-electron chi connectivity index (χ1n) is 5.99. The second-order valence-corrected chi connectivity index (χ2v) is 4.63. The van der Waals surface area contributed by atoms with Gasteiger partial charge in [-0.05, 0) is 33.6 Å². The van der Waals surface area contributed by atoms with Crippen molar-refractivity contribution in [1.29, 1.82) is 5.26 Å². The molecular formula is C12H21N3O. The van der Waals surface area contributed by atoms with Crippen molar-refractivity contribution in [3.8, 4) is 6.07 Å². The fourth-order valence-electron chi connectivity index (χ4n) is 2.19. The molecule has 0 N–H and O–H groups in total. The van der Waals surface area contributed by atoms with Gasteiger partial charge in [-0.1, -0.05) is 0 Å². The molecule has 0 aromatic carbocycles. The summed E-state index contributed by atoms with van der Waals surface area (Å²) in [4.78, 5) is 16.0. The third kappa shape index (κ3) is 2.96. The van der Waals surface area contributed by atoms with Crippen molar-refractivity contribution in [3.05, 3.63) is 0 Å². The van der Waals surface area contributed by atoms with Crippen molar-refractivity contribution in [2.45, 2.75) is 45.7 Å². The number of likely N-dealkylation sites (tertiary alicyclic amines) is 1. The second kappa shape index (κ2) is 5.86. The van der Waals surface area contributed by atoms with E-state index in [2.05, 4.69) is 6.07 Å². The maximum atomic E-state index is 12.1. The van der Waals surface area contributed by atoms with E-state index in [4.69, 9.17) is 5.26 Å². The molecule has 1 fully saturated rings. The summed E-state index contributed by atoms with van der Waals surface area (Å²) < 4.78 is 0. The van der Waals surface area contributed by atoms with Crippen LogP contribution in [0.4, 0.5) is 0 Å². The molecule has 90 valence electrons. The predicted molar refractivity (Wildman–Crippen MR) is 62.7 cm³/mol. The highest BCUT2D eigenvalue weighted by Gasteiger charge is 2.28. The Labute approximate surface area is 97.8 Å². The summed E-state index contributed by atoms with van der Waals surface area (Å²) in [5, 5.41) is 8.76. The molecular weight excluding hydrogens is 202 g/mol. The minimum Gasteiger partial charge on any atom is -0.341 e. The van der Waals surface area contributed by atoms with Gasteiger partial charge in [0.05, 0.1) is 18.7 Å². The summed E-state index contributed by atoms with van der Waals surface area (Å²) in [5.41, 5.74) is 0. The van der Waals surface area contributed by atoms with Crippen LogP contribution < -0.4 is 0 Å². The van der Waals surface area contributed by atoms with Crippen LogP contribution in [0.1, 0.15) is 33.6 Å². The van der Waals surface area contributed by atoms with Crippen molar-refractivity contribution >= 4 is 5.91 Å². The minimum atomic E-state index is -0.183. The third-order valence-corrected chi connectivity index (χ3v) is 3.19. The zero-order valence-corrected chi connectivity index (χ0v) is 10.4. The lowest BCUT2D eigenvalue weighted by Crippen LogP contribution is -2.49. The summed E-state index contributed by atoms with van der Waals surface area (Å²) >= 11 is 0. The maximum absolute atomic E-state index is 12.1. The van der Waals surface area contributed by atoms with Gasteiger partial charge < -0.3 is 4.90 Å². The van der Waals surface area contributed by atoms with Crippen LogP contribution in [0.15, 0.2) is 0 Å². The Hall–Kier alpha value is -1.08. The first-order valence-corrected chi connectivity index (χ1v) is 5.99. The lowest BCUT2D eigenvalue weighted by molar-refractivity contribution is -0.135. The zero-order chi connectivity index (χ0) is 12.1. The average molecular weight is 223 g/mol. The van der Waals surface area contributed by atoms with E-state index in [1.807, 2.05) is 30.6 Å². The zero-order valence-electron chi connectivity index (χ0n) is 10.4. The van der Waals surface area contributed by atoms with Gasteiger partial charge in [-0.15, -0.1) is 0 Å². The lowest BCUT2D eigenvalue weighted by atomic mass is 10.2. The van der Waals surface area contributed by atoms with E-state index in [-0.39, 0.29) is 18.0 Å². The number of carbonyl (C=O) groups is 1. The van der Waals surface area contributed by atoms with Crippen molar-refractivity contribution in [2.75, 3.05) is 19.6 Å². The molecule has 1 saturated heterocycles. The smallest absolute Gasteiger partial charge is 0.239 e. The Morgan fingerprint density at radius 3 is 2.38 bits per heavy atom. The Balaban J connectivity index is 2.62. The molecule has 4 heteroatoms. The molecule has 0 aliphatic carbocycles. The molecule has 0 saturated carbocycles. The van der Waals surface area contributed by atoms with Crippen LogP contribution in [0.2, 0.25) is 0 Å². The number of nitrogens with zero attached hydrogens (tertiary/aromatic N) is 3. The molecule has 0 aromatic heterocycles. The van der Waals surface area contributed by atoms with E-state index in [1.165, 1.54) is 0 Å². The molecule has 16 heavy (non-hydrogen) atoms. The van der Waals surface area contributed by atoms with Gasteiger partial charge in [0.1, 0.15) is 0 Å². The average Bonchev–Trinajstić information content (AvgIpc) is 2.76. The van der Waals surface area contributed by atoms with E-state index >= 15 is 0 Å². The molecule has 1 amide bonds. The number of amides is 1. The van der Waals surface area contributed by atoms with Gasteiger partial charge in [0.2, 0.25) is 5.91 Å². The topological polar surface area (TPSA) is 47.3 Å². The highest BCUT2D eigenvalue weighted by molar-refractivity contribution is 5.81. The monoisotopic (exact) mass is 223 g/mol. The molecule has 1 atom stereocenters. The van der Waals surface area contributed by atoms with Crippen LogP contribution in [0, 0.1) is 11.3 Å². The minimum absolute atomic E-state index is 0.168. The highest BCUT2D eigenvalue weighted by Crippen LogP contribution is 2.13. The van der Waals surface area contributed by atoms with Gasteiger partial charge in [-0.25, -0.2) is 0 Å². The van der Waals surface area contributed by atoms with Crippen molar-refractivity contribution in [2.24, 2.45) is 0 Å². The number of hydrogen-bond acceptors (Lipinski definition) is 3. The molecule has 0 radical (unpaired) electrons. The number of nitriles is 1. The highest BCUT2D eigenvalue weighted by atomic mass is 16.2. The summed E-state index contributed by atoms with van der Waals surface area (Å²) in [7, 11) is 0. The molecule has 1 heterocycles. The van der Waals surface area contributed by atoms with Gasteiger partial charge in [-0.3, -0.25) is 9.69 Å². The number of carbonyl (C=O) groups excluding carboxylic acids is 1. The second-order valence-electron chi connectivity index (χ2n) is 4.63. The van der Waals surface area contributed by atoms with Crippen LogP contribution in [0.5, 0.6) is 0 Å². The molecule has 1 rings (SSSR count). The van der Waals surface area contributed by atoms with E-state index < -0.39 is 0 Å². The maximum Gasteiger partial charge on any atom is 0.239 e. The first kappa shape index (κ1) is 13.0. The SMILES string of the molecule is CC(C)N(CC#N)C(C)C(=O)N1CCCC1. The fourth-order valence-corrected chi connectivity index (χ4v) is 2.19. The Morgan fingerprint density at radius 2 is 1.94 bits per heavy atom. The Kier molecular flexibility index (Phi) is 4.75. The molecule has 0 spiro atoms. The van der Waals surface area contributed by atoms with E-state index in [1.54, 1.807) is 0 Å². The van der Waals surface area contributed by atoms with Crippen molar-refractivity contribution in [1.82, 2.24) is 9.80 Å². The normalized spacial score (nSPS) is 17.9. The third-order valence-electron chi connectivity index (χ3n) is 3.19. The van der Waals surface area contributed by atoms with E-state index in [0.717, 1.165) is 25.9 Å². The van der Waals surface area contributed by atoms with E-state index in [9.17, 15) is 4.79 Å². The molecule has 0 aromatic rings. The van der Waals surface area contributed by atoms with Gasteiger partial charge in [0, 0.05) is 19.1 Å². The quantitative estimate of drug-likeness (QED) is 0.673. The van der Waals surface area contributed by atoms with Gasteiger partial charge >= 0.3 is 0 Å². The van der Waals surface area contributed by atoms with Crippen LogP contribution >= 0.6 is 0 Å². The summed E-state index contributed by atoms with van der Waals surface area (Å²) in [6, 6.07) is 2.17. The molecule has 1 aliphatic heterocycles. The molecule has 1 unspecified atom stereocenters. The molecule has 0 bridgehead atoms. The van der Waals surface area contributed by atoms with Gasteiger partial charge in [0.15, 0.2) is 0 Å². The van der Waals surface area contributed by atoms with Crippen LogP contribution in [-0.2, 0) is 4.79 Å². The van der Waals surface area contributed by atoms with Gasteiger partial charge in [-0.2, -0.15) is 5.26 Å². The number of hydrogen-bond donors (Lipinski definition) is 0. The van der Waals surface area contributed by atoms with Crippen LogP contribution in [-0.4, -0.2) is 47.4 Å². The largest absolute Gasteiger partial charge is 0.341 e. The van der Waals surface area contributed by atoms with E-state index in [0.29, 0.717) is 6.54 Å². The Morgan fingerprint density at radius 1 is 1.38 bits per heavy atom. The number of rotatable bonds is 4. The van der Waals surface area contributed by atoms with Gasteiger partial charge in [0.25, 0.3) is 0 Å². The fraction of sp³-hybridized carbons (Fsp3) is 0.833. The molecule has 4 nitrogen and oxygen atoms in total. The van der Waals surface area contributed by atoms with Crippen LogP contribution in [0.3, 0.4) is 0 Å². The predicted octanol–water partition coefficient (Wildman–Crippen LogP) is 1.23. The lowest BCUT2D eigenvalue weighted by Gasteiger charge is -2.32. The summed E-state index contributed by atoms with van der Waals surface area (Å²) in [5.74, 6) is 0.168. The summed E-state index contributed by atoms with van der Waals surface area (Å²) in [6.45, 7) is 8.01. The molecule has 1 aliphatic rings.